The van der Waals surface area contributed by atoms with Crippen molar-refractivity contribution in [1.29, 1.82) is 0 Å². The van der Waals surface area contributed by atoms with E-state index in [0.29, 0.717) is 28.3 Å². The molecule has 0 saturated carbocycles. The number of non-ortho nitro benzene ring substituents is 1. The van der Waals surface area contributed by atoms with Gasteiger partial charge in [-0.25, -0.2) is 0 Å². The molecule has 10 nitrogen and oxygen atoms in total. The molecule has 3 aromatic rings. The number of carbonyl (C=O) groups excluding carboxylic acids is 3. The molecule has 0 aromatic heterocycles. The monoisotopic (exact) mass is 597 g/mol. The van der Waals surface area contributed by atoms with Gasteiger partial charge in [-0.15, -0.1) is 0 Å². The third-order valence-electron chi connectivity index (χ3n) is 5.36. The first-order valence-electron chi connectivity index (χ1n) is 11.1. The summed E-state index contributed by atoms with van der Waals surface area (Å²) in [6.07, 6.45) is 1.53. The predicted molar refractivity (Wildman–Crippen MR) is 146 cm³/mol. The maximum absolute atomic E-state index is 13.0. The van der Waals surface area contributed by atoms with E-state index in [1.54, 1.807) is 54.6 Å². The van der Waals surface area contributed by atoms with E-state index in [1.165, 1.54) is 25.3 Å². The zero-order valence-corrected chi connectivity index (χ0v) is 22.3. The number of hydrogen-bond acceptors (Lipinski definition) is 8. The minimum Gasteiger partial charge on any atom is -0.495 e. The number of nitro benzene ring substituents is 1. The highest BCUT2D eigenvalue weighted by Gasteiger charge is 2.36. The molecule has 0 unspecified atom stereocenters. The average Bonchev–Trinajstić information content (AvgIpc) is 3.16. The van der Waals surface area contributed by atoms with Crippen LogP contribution >= 0.6 is 27.7 Å². The summed E-state index contributed by atoms with van der Waals surface area (Å²) in [5, 5.41) is 12.9. The topological polar surface area (TPSA) is 128 Å². The first kappa shape index (κ1) is 26.9. The normalized spacial score (nSPS) is 14.1. The van der Waals surface area contributed by atoms with Crippen LogP contribution in [0.25, 0.3) is 6.08 Å². The molecule has 1 fully saturated rings. The molecule has 194 valence electrons. The number of hydrogen-bond donors (Lipinski definition) is 1. The zero-order valence-electron chi connectivity index (χ0n) is 19.9. The number of benzene rings is 3. The number of thioether (sulfide) groups is 1. The van der Waals surface area contributed by atoms with Crippen molar-refractivity contribution in [2.24, 2.45) is 0 Å². The van der Waals surface area contributed by atoms with Crippen LogP contribution in [0.1, 0.15) is 11.1 Å². The highest BCUT2D eigenvalue weighted by molar-refractivity contribution is 9.10. The molecule has 1 aliphatic heterocycles. The Balaban J connectivity index is 1.47. The molecule has 3 amide bonds. The van der Waals surface area contributed by atoms with Crippen molar-refractivity contribution in [3.8, 4) is 11.5 Å². The third-order valence-corrected chi connectivity index (χ3v) is 6.76. The lowest BCUT2D eigenvalue weighted by Crippen LogP contribution is -2.36. The number of nitrogens with zero attached hydrogens (tertiary/aromatic N) is 2. The molecule has 4 rings (SSSR count). The summed E-state index contributed by atoms with van der Waals surface area (Å²) in [5.74, 6) is -0.262. The molecule has 38 heavy (non-hydrogen) atoms. The van der Waals surface area contributed by atoms with E-state index in [1.807, 2.05) is 0 Å². The highest BCUT2D eigenvalue weighted by atomic mass is 79.9. The van der Waals surface area contributed by atoms with Crippen molar-refractivity contribution in [1.82, 2.24) is 4.90 Å². The molecule has 3 aromatic carbocycles. The van der Waals surface area contributed by atoms with Crippen molar-refractivity contribution in [3.63, 3.8) is 0 Å². The Hall–Kier alpha value is -4.16. The van der Waals surface area contributed by atoms with Crippen LogP contribution in [0.15, 0.2) is 76.1 Å². The second-order valence-electron chi connectivity index (χ2n) is 7.91. The van der Waals surface area contributed by atoms with Gasteiger partial charge in [0.15, 0.2) is 0 Å². The summed E-state index contributed by atoms with van der Waals surface area (Å²) < 4.78 is 11.8. The Morgan fingerprint density at radius 3 is 2.55 bits per heavy atom. The van der Waals surface area contributed by atoms with E-state index < -0.39 is 28.5 Å². The molecular formula is C26H20BrN3O7S. The summed E-state index contributed by atoms with van der Waals surface area (Å²) in [6.45, 7) is -0.326. The van der Waals surface area contributed by atoms with Gasteiger partial charge >= 0.3 is 0 Å². The number of amides is 3. The van der Waals surface area contributed by atoms with E-state index in [9.17, 15) is 24.5 Å². The van der Waals surface area contributed by atoms with Gasteiger partial charge < -0.3 is 14.8 Å². The van der Waals surface area contributed by atoms with Crippen molar-refractivity contribution < 1.29 is 28.8 Å². The van der Waals surface area contributed by atoms with Crippen LogP contribution in [0.4, 0.5) is 16.2 Å². The van der Waals surface area contributed by atoms with Crippen LogP contribution in [0.2, 0.25) is 0 Å². The molecule has 1 aliphatic rings. The van der Waals surface area contributed by atoms with Crippen molar-refractivity contribution in [2.45, 2.75) is 6.61 Å². The number of halogens is 1. The molecule has 1 heterocycles. The first-order valence-corrected chi connectivity index (χ1v) is 12.7. The quantitative estimate of drug-likeness (QED) is 0.191. The van der Waals surface area contributed by atoms with Gasteiger partial charge in [0.1, 0.15) is 24.7 Å². The summed E-state index contributed by atoms with van der Waals surface area (Å²) >= 11 is 4.12. The van der Waals surface area contributed by atoms with Crippen LogP contribution in [0, 0.1) is 10.1 Å². The fourth-order valence-corrected chi connectivity index (χ4v) is 4.71. The standard InChI is InChI=1S/C26H20BrN3O7S/c1-36-22-5-3-2-4-20(22)28-24(31)14-29-25(32)23(38-26(29)33)13-17-12-18(27)8-11-21(17)37-15-16-6-9-19(10-7-16)30(34)35/h2-13H,14-15H2,1H3,(H,28,31)/b23-13-. The Kier molecular flexibility index (Phi) is 8.44. The molecule has 0 aliphatic carbocycles. The smallest absolute Gasteiger partial charge is 0.294 e. The van der Waals surface area contributed by atoms with E-state index in [4.69, 9.17) is 9.47 Å². The molecule has 0 radical (unpaired) electrons. The maximum atomic E-state index is 13.0. The Morgan fingerprint density at radius 2 is 1.84 bits per heavy atom. The number of imide groups is 1. The van der Waals surface area contributed by atoms with E-state index in [2.05, 4.69) is 21.2 Å². The fourth-order valence-electron chi connectivity index (χ4n) is 3.50. The second-order valence-corrected chi connectivity index (χ2v) is 9.82. The van der Waals surface area contributed by atoms with Crippen LogP contribution in [0.3, 0.4) is 0 Å². The van der Waals surface area contributed by atoms with Crippen LogP contribution in [-0.4, -0.2) is 40.5 Å². The zero-order chi connectivity index (χ0) is 27.2. The van der Waals surface area contributed by atoms with Crippen molar-refractivity contribution in [3.05, 3.63) is 97.3 Å². The predicted octanol–water partition coefficient (Wildman–Crippen LogP) is 5.62. The van der Waals surface area contributed by atoms with E-state index in [0.717, 1.165) is 21.1 Å². The van der Waals surface area contributed by atoms with Gasteiger partial charge in [0.05, 0.1) is 22.6 Å². The summed E-state index contributed by atoms with van der Waals surface area (Å²) in [7, 11) is 1.47. The number of ether oxygens (including phenoxy) is 2. The molecule has 1 saturated heterocycles. The minimum atomic E-state index is -0.600. The number of para-hydroxylation sites is 2. The lowest BCUT2D eigenvalue weighted by atomic mass is 10.1. The van der Waals surface area contributed by atoms with Crippen molar-refractivity contribution in [2.75, 3.05) is 19.0 Å². The van der Waals surface area contributed by atoms with Gasteiger partial charge in [-0.2, -0.15) is 0 Å². The van der Waals surface area contributed by atoms with E-state index >= 15 is 0 Å². The number of nitrogens with one attached hydrogen (secondary N) is 1. The van der Waals surface area contributed by atoms with Gasteiger partial charge in [-0.1, -0.05) is 28.1 Å². The number of rotatable bonds is 9. The van der Waals surface area contributed by atoms with Gasteiger partial charge in [-0.05, 0) is 65.9 Å². The van der Waals surface area contributed by atoms with Gasteiger partial charge in [0.2, 0.25) is 5.91 Å². The lowest BCUT2D eigenvalue weighted by Gasteiger charge is -2.14. The number of nitro groups is 1. The first-order chi connectivity index (χ1) is 18.2. The average molecular weight is 598 g/mol. The Morgan fingerprint density at radius 1 is 1.11 bits per heavy atom. The molecule has 0 bridgehead atoms. The van der Waals surface area contributed by atoms with E-state index in [-0.39, 0.29) is 17.2 Å². The SMILES string of the molecule is COc1ccccc1NC(=O)CN1C(=O)S/C(=C\c2cc(Br)ccc2OCc2ccc([N+](=O)[O-])cc2)C1=O. The molecule has 0 atom stereocenters. The fraction of sp³-hybridized carbons (Fsp3) is 0.115. The minimum absolute atomic E-state index is 0.0228. The van der Waals surface area contributed by atoms with Gasteiger partial charge in [0, 0.05) is 22.2 Å². The number of methoxy groups -OCH3 is 1. The Labute approximate surface area is 229 Å². The lowest BCUT2D eigenvalue weighted by molar-refractivity contribution is -0.384. The highest BCUT2D eigenvalue weighted by Crippen LogP contribution is 2.35. The van der Waals surface area contributed by atoms with Crippen LogP contribution in [0.5, 0.6) is 11.5 Å². The molecule has 1 N–H and O–H groups in total. The molecular weight excluding hydrogens is 578 g/mol. The number of anilines is 1. The maximum Gasteiger partial charge on any atom is 0.294 e. The summed E-state index contributed by atoms with van der Waals surface area (Å²) in [5.41, 5.74) is 1.65. The summed E-state index contributed by atoms with van der Waals surface area (Å²) in [6, 6.07) is 18.0. The van der Waals surface area contributed by atoms with Gasteiger partial charge in [-0.3, -0.25) is 29.4 Å². The third kappa shape index (κ3) is 6.39. The largest absolute Gasteiger partial charge is 0.495 e. The molecule has 12 heteroatoms. The van der Waals surface area contributed by atoms with Crippen LogP contribution in [-0.2, 0) is 16.2 Å². The van der Waals surface area contributed by atoms with Crippen LogP contribution < -0.4 is 14.8 Å². The Bertz CT molecular complexity index is 1440. The second kappa shape index (κ2) is 11.9. The van der Waals surface area contributed by atoms with Crippen molar-refractivity contribution >= 4 is 62.2 Å². The number of carbonyl (C=O) groups is 3. The van der Waals surface area contributed by atoms with Gasteiger partial charge in [0.25, 0.3) is 16.8 Å². The summed E-state index contributed by atoms with van der Waals surface area (Å²) in [4.78, 5) is 49.5. The molecule has 0 spiro atoms.